The van der Waals surface area contributed by atoms with E-state index < -0.39 is 0 Å². The van der Waals surface area contributed by atoms with Crippen molar-refractivity contribution in [3.05, 3.63) is 229 Å². The van der Waals surface area contributed by atoms with Crippen molar-refractivity contribution in [3.8, 4) is 33.4 Å². The topological polar surface area (TPSA) is 6.48 Å². The molecule has 12 rings (SSSR count). The molecule has 0 saturated heterocycles. The van der Waals surface area contributed by atoms with Crippen LogP contribution in [0.4, 0.5) is 34.1 Å². The lowest BCUT2D eigenvalue weighted by Gasteiger charge is -2.29. The standard InChI is InChI=1S/C60H46N2S2/c1-59(2)51-20-12-11-19-47(51)48-33-32-46(36-53(48)59)62(45-30-28-44(29-31-45)61(41-15-7-5-8-16-41)42-17-9-6-10-18-42)43-26-23-39(24-27-43)40-25-34-52-49(35-40)50-37-57-58(38-54(50)60(52,3)4)64-56-22-14-13-21-55(56)63-57/h5-38H,1-4H3. The van der Waals surface area contributed by atoms with E-state index in [-0.39, 0.29) is 10.8 Å². The fourth-order valence-corrected chi connectivity index (χ4v) is 12.7. The molecule has 0 unspecified atom stereocenters. The normalized spacial score (nSPS) is 14.4. The Labute approximate surface area is 385 Å². The smallest absolute Gasteiger partial charge is 0.0465 e. The van der Waals surface area contributed by atoms with E-state index in [1.165, 1.54) is 75.2 Å². The minimum Gasteiger partial charge on any atom is -0.311 e. The molecule has 0 saturated carbocycles. The van der Waals surface area contributed by atoms with Crippen molar-refractivity contribution in [3.63, 3.8) is 0 Å². The molecular formula is C60H46N2S2. The molecule has 2 nitrogen and oxygen atoms in total. The first-order valence-corrected chi connectivity index (χ1v) is 23.8. The number of benzene rings is 9. The summed E-state index contributed by atoms with van der Waals surface area (Å²) in [5, 5.41) is 0. The first-order valence-electron chi connectivity index (χ1n) is 22.2. The van der Waals surface area contributed by atoms with Gasteiger partial charge in [0, 0.05) is 64.5 Å². The Morgan fingerprint density at radius 2 is 0.703 bits per heavy atom. The lowest BCUT2D eigenvalue weighted by Crippen LogP contribution is -2.16. The van der Waals surface area contributed by atoms with Crippen LogP contribution in [0.3, 0.4) is 0 Å². The van der Waals surface area contributed by atoms with Crippen LogP contribution in [0.1, 0.15) is 49.9 Å². The summed E-state index contributed by atoms with van der Waals surface area (Å²) in [5.74, 6) is 0. The minimum atomic E-state index is -0.116. The molecule has 0 aromatic heterocycles. The third-order valence-electron chi connectivity index (χ3n) is 13.7. The van der Waals surface area contributed by atoms with Gasteiger partial charge >= 0.3 is 0 Å². The predicted molar refractivity (Wildman–Crippen MR) is 271 cm³/mol. The Balaban J connectivity index is 0.931. The molecule has 0 N–H and O–H groups in total. The highest BCUT2D eigenvalue weighted by molar-refractivity contribution is 8.05. The summed E-state index contributed by atoms with van der Waals surface area (Å²) in [6, 6.07) is 76.2. The summed E-state index contributed by atoms with van der Waals surface area (Å²) >= 11 is 3.80. The highest BCUT2D eigenvalue weighted by Crippen LogP contribution is 2.56. The minimum absolute atomic E-state index is 0.0780. The van der Waals surface area contributed by atoms with E-state index in [9.17, 15) is 0 Å². The maximum absolute atomic E-state index is 2.47. The van der Waals surface area contributed by atoms with Crippen LogP contribution in [-0.2, 0) is 10.8 Å². The van der Waals surface area contributed by atoms with Crippen LogP contribution in [0.2, 0.25) is 0 Å². The molecule has 2 aliphatic carbocycles. The van der Waals surface area contributed by atoms with Gasteiger partial charge in [-0.1, -0.05) is 154 Å². The van der Waals surface area contributed by atoms with E-state index >= 15 is 0 Å². The maximum atomic E-state index is 2.47. The third-order valence-corrected chi connectivity index (χ3v) is 16.2. The molecule has 9 aromatic rings. The highest BCUT2D eigenvalue weighted by Gasteiger charge is 2.38. The van der Waals surface area contributed by atoms with Gasteiger partial charge in [0.05, 0.1) is 0 Å². The molecule has 64 heavy (non-hydrogen) atoms. The molecule has 0 amide bonds. The first-order chi connectivity index (χ1) is 31.2. The van der Waals surface area contributed by atoms with Gasteiger partial charge in [-0.2, -0.15) is 0 Å². The van der Waals surface area contributed by atoms with Crippen molar-refractivity contribution in [2.24, 2.45) is 0 Å². The Hall–Kier alpha value is -6.72. The van der Waals surface area contributed by atoms with Crippen molar-refractivity contribution in [1.29, 1.82) is 0 Å². The Morgan fingerprint density at radius 3 is 1.33 bits per heavy atom. The van der Waals surface area contributed by atoms with E-state index in [2.05, 4.69) is 244 Å². The van der Waals surface area contributed by atoms with Crippen molar-refractivity contribution < 1.29 is 0 Å². The summed E-state index contributed by atoms with van der Waals surface area (Å²) in [4.78, 5) is 10.1. The predicted octanol–water partition coefficient (Wildman–Crippen LogP) is 17.5. The van der Waals surface area contributed by atoms with Gasteiger partial charge in [-0.3, -0.25) is 0 Å². The molecular weight excluding hydrogens is 813 g/mol. The lowest BCUT2D eigenvalue weighted by atomic mass is 9.82. The molecule has 308 valence electrons. The van der Waals surface area contributed by atoms with Crippen LogP contribution in [-0.4, -0.2) is 0 Å². The molecule has 0 bridgehead atoms. The van der Waals surface area contributed by atoms with Crippen LogP contribution in [0, 0.1) is 0 Å². The number of anilines is 6. The number of fused-ring (bicyclic) bond motifs is 8. The maximum Gasteiger partial charge on any atom is 0.0465 e. The van der Waals surface area contributed by atoms with E-state index in [1.54, 1.807) is 0 Å². The molecule has 4 heteroatoms. The second-order valence-electron chi connectivity index (χ2n) is 18.2. The van der Waals surface area contributed by atoms with Crippen molar-refractivity contribution in [2.75, 3.05) is 9.80 Å². The third kappa shape index (κ3) is 6.26. The molecule has 3 aliphatic rings. The SMILES string of the molecule is CC1(C)c2ccccc2-c2ccc(N(c3ccc(-c4ccc5c(c4)-c4cc6c(cc4C5(C)C)Sc4ccccc4S6)cc3)c3ccc(N(c4ccccc4)c4ccccc4)cc3)cc21. The quantitative estimate of drug-likeness (QED) is 0.157. The number of nitrogens with zero attached hydrogens (tertiary/aromatic N) is 2. The molecule has 0 spiro atoms. The van der Waals surface area contributed by atoms with Gasteiger partial charge in [-0.15, -0.1) is 0 Å². The van der Waals surface area contributed by atoms with Gasteiger partial charge in [0.2, 0.25) is 0 Å². The van der Waals surface area contributed by atoms with Crippen molar-refractivity contribution >= 4 is 57.6 Å². The summed E-state index contributed by atoms with van der Waals surface area (Å²) in [5.41, 5.74) is 19.8. The van der Waals surface area contributed by atoms with Gasteiger partial charge < -0.3 is 9.80 Å². The fraction of sp³-hybridized carbons (Fsp3) is 0.100. The van der Waals surface area contributed by atoms with Gasteiger partial charge in [-0.25, -0.2) is 0 Å². The van der Waals surface area contributed by atoms with E-state index in [0.29, 0.717) is 0 Å². The van der Waals surface area contributed by atoms with Crippen LogP contribution in [0.25, 0.3) is 33.4 Å². The van der Waals surface area contributed by atoms with E-state index in [0.717, 1.165) is 34.1 Å². The fourth-order valence-electron chi connectivity index (χ4n) is 10.4. The monoisotopic (exact) mass is 858 g/mol. The zero-order valence-corrected chi connectivity index (χ0v) is 38.0. The lowest BCUT2D eigenvalue weighted by molar-refractivity contribution is 0.657. The zero-order chi connectivity index (χ0) is 43.2. The summed E-state index contributed by atoms with van der Waals surface area (Å²) < 4.78 is 0. The number of rotatable bonds is 7. The molecule has 0 atom stereocenters. The van der Waals surface area contributed by atoms with Crippen molar-refractivity contribution in [2.45, 2.75) is 58.1 Å². The summed E-state index contributed by atoms with van der Waals surface area (Å²) in [6.07, 6.45) is 0. The number of hydrogen-bond donors (Lipinski definition) is 0. The van der Waals surface area contributed by atoms with Crippen LogP contribution >= 0.6 is 23.5 Å². The summed E-state index contributed by atoms with van der Waals surface area (Å²) in [7, 11) is 0. The van der Waals surface area contributed by atoms with Gasteiger partial charge in [0.15, 0.2) is 0 Å². The molecule has 1 aliphatic heterocycles. The Kier molecular flexibility index (Phi) is 9.09. The van der Waals surface area contributed by atoms with E-state index in [4.69, 9.17) is 0 Å². The molecule has 9 aromatic carbocycles. The number of hydrogen-bond acceptors (Lipinski definition) is 4. The second-order valence-corrected chi connectivity index (χ2v) is 20.4. The Bertz CT molecular complexity index is 3220. The van der Waals surface area contributed by atoms with Crippen LogP contribution < -0.4 is 9.80 Å². The molecule has 0 radical (unpaired) electrons. The van der Waals surface area contributed by atoms with E-state index in [1.807, 2.05) is 23.5 Å². The first kappa shape index (κ1) is 38.9. The van der Waals surface area contributed by atoms with Gasteiger partial charge in [-0.05, 0) is 159 Å². The van der Waals surface area contributed by atoms with Gasteiger partial charge in [0.1, 0.15) is 0 Å². The van der Waals surface area contributed by atoms with Crippen LogP contribution in [0.5, 0.6) is 0 Å². The second kappa shape index (κ2) is 14.9. The average Bonchev–Trinajstić information content (AvgIpc) is 3.70. The molecule has 1 heterocycles. The van der Waals surface area contributed by atoms with Gasteiger partial charge in [0.25, 0.3) is 0 Å². The highest BCUT2D eigenvalue weighted by atomic mass is 32.2. The Morgan fingerprint density at radius 1 is 0.281 bits per heavy atom. The zero-order valence-electron chi connectivity index (χ0n) is 36.3. The van der Waals surface area contributed by atoms with Crippen LogP contribution in [0.15, 0.2) is 226 Å². The van der Waals surface area contributed by atoms with Crippen molar-refractivity contribution in [1.82, 2.24) is 0 Å². The summed E-state index contributed by atoms with van der Waals surface area (Å²) in [6.45, 7) is 9.49. The number of para-hydroxylation sites is 2. The largest absolute Gasteiger partial charge is 0.311 e. The molecule has 0 fully saturated rings. The average molecular weight is 859 g/mol.